The van der Waals surface area contributed by atoms with E-state index in [9.17, 15) is 0 Å². The molecule has 4 nitrogen and oxygen atoms in total. The predicted octanol–water partition coefficient (Wildman–Crippen LogP) is 4.54. The smallest absolute Gasteiger partial charge is 0.176 e. The summed E-state index contributed by atoms with van der Waals surface area (Å²) in [6.07, 6.45) is 0. The predicted molar refractivity (Wildman–Crippen MR) is 89.2 cm³/mol. The largest absolute Gasteiger partial charge is 0.359 e. The van der Waals surface area contributed by atoms with Crippen molar-refractivity contribution in [2.24, 2.45) is 0 Å². The Morgan fingerprint density at radius 1 is 1.20 bits per heavy atom. The normalized spacial score (nSPS) is 11.2. The first kappa shape index (κ1) is 15.0. The zero-order valence-electron chi connectivity index (χ0n) is 11.5. The lowest BCUT2D eigenvalue weighted by Crippen LogP contribution is -2.19. The molecule has 1 heterocycles. The fourth-order valence-corrected chi connectivity index (χ4v) is 1.99. The van der Waals surface area contributed by atoms with Crippen LogP contribution in [0.4, 0.5) is 11.5 Å². The fraction of sp³-hybridized carbons (Fsp3) is 0.286. The van der Waals surface area contributed by atoms with Crippen molar-refractivity contribution < 1.29 is 4.52 Å². The Labute approximate surface area is 132 Å². The molecule has 0 amide bonds. The number of rotatable bonds is 2. The molecular weight excluding hydrogens is 338 g/mol. The van der Waals surface area contributed by atoms with Crippen LogP contribution in [0.5, 0.6) is 0 Å². The Morgan fingerprint density at radius 2 is 1.85 bits per heavy atom. The van der Waals surface area contributed by atoms with E-state index in [0.717, 1.165) is 15.9 Å². The van der Waals surface area contributed by atoms with Crippen LogP contribution in [0.2, 0.25) is 0 Å². The highest BCUT2D eigenvalue weighted by atomic mass is 79.9. The van der Waals surface area contributed by atoms with Crippen LogP contribution in [-0.4, -0.2) is 10.3 Å². The fourth-order valence-electron chi connectivity index (χ4n) is 1.50. The number of hydrogen-bond donors (Lipinski definition) is 2. The lowest BCUT2D eigenvalue weighted by molar-refractivity contribution is 0.331. The lowest BCUT2D eigenvalue weighted by Gasteiger charge is -2.12. The summed E-state index contributed by atoms with van der Waals surface area (Å²) in [5.74, 6) is 1.41. The molecule has 20 heavy (non-hydrogen) atoms. The van der Waals surface area contributed by atoms with Gasteiger partial charge in [-0.3, -0.25) is 0 Å². The van der Waals surface area contributed by atoms with Gasteiger partial charge in [-0.15, -0.1) is 0 Å². The molecule has 1 aromatic heterocycles. The molecule has 0 aliphatic heterocycles. The summed E-state index contributed by atoms with van der Waals surface area (Å²) in [4.78, 5) is 0. The van der Waals surface area contributed by atoms with Crippen LogP contribution >= 0.6 is 28.1 Å². The van der Waals surface area contributed by atoms with E-state index < -0.39 is 0 Å². The highest BCUT2D eigenvalue weighted by Gasteiger charge is 2.19. The van der Waals surface area contributed by atoms with Gasteiger partial charge in [-0.25, -0.2) is 0 Å². The molecule has 0 radical (unpaired) electrons. The third-order valence-electron chi connectivity index (χ3n) is 2.59. The molecule has 0 saturated heterocycles. The molecule has 106 valence electrons. The van der Waals surface area contributed by atoms with Gasteiger partial charge < -0.3 is 15.2 Å². The SMILES string of the molecule is CC(C)(C)c1cc(NC(=S)Nc2ccc(Br)cc2)no1. The summed E-state index contributed by atoms with van der Waals surface area (Å²) in [6, 6.07) is 9.61. The Kier molecular flexibility index (Phi) is 4.45. The molecule has 2 N–H and O–H groups in total. The van der Waals surface area contributed by atoms with Crippen molar-refractivity contribution in [3.63, 3.8) is 0 Å². The number of hydrogen-bond acceptors (Lipinski definition) is 3. The molecule has 0 unspecified atom stereocenters. The molecule has 0 bridgehead atoms. The molecular formula is C14H16BrN3OS. The zero-order chi connectivity index (χ0) is 14.8. The Hall–Kier alpha value is -1.40. The average Bonchev–Trinajstić information content (AvgIpc) is 2.80. The van der Waals surface area contributed by atoms with E-state index >= 15 is 0 Å². The van der Waals surface area contributed by atoms with Gasteiger partial charge in [0, 0.05) is 21.6 Å². The minimum atomic E-state index is -0.0757. The van der Waals surface area contributed by atoms with Crippen LogP contribution in [0.1, 0.15) is 26.5 Å². The lowest BCUT2D eigenvalue weighted by atomic mass is 9.93. The first-order valence-corrected chi connectivity index (χ1v) is 7.35. The van der Waals surface area contributed by atoms with Crippen molar-refractivity contribution >= 4 is 44.8 Å². The van der Waals surface area contributed by atoms with Gasteiger partial charge in [0.25, 0.3) is 0 Å². The Morgan fingerprint density at radius 3 is 2.40 bits per heavy atom. The second kappa shape index (κ2) is 5.93. The molecule has 0 spiro atoms. The summed E-state index contributed by atoms with van der Waals surface area (Å²) >= 11 is 8.63. The van der Waals surface area contributed by atoms with E-state index in [2.05, 4.69) is 52.5 Å². The van der Waals surface area contributed by atoms with E-state index in [1.54, 1.807) is 0 Å². The molecule has 2 rings (SSSR count). The first-order valence-electron chi connectivity index (χ1n) is 6.15. The molecule has 2 aromatic rings. The minimum absolute atomic E-state index is 0.0757. The van der Waals surface area contributed by atoms with Crippen molar-refractivity contribution in [3.8, 4) is 0 Å². The Balaban J connectivity index is 1.98. The average molecular weight is 354 g/mol. The summed E-state index contributed by atoms with van der Waals surface area (Å²) in [5.41, 5.74) is 0.832. The number of benzene rings is 1. The van der Waals surface area contributed by atoms with Crippen molar-refractivity contribution in [2.75, 3.05) is 10.6 Å². The van der Waals surface area contributed by atoms with E-state index in [1.165, 1.54) is 0 Å². The second-order valence-corrected chi connectivity index (χ2v) is 6.74. The van der Waals surface area contributed by atoms with Crippen molar-refractivity contribution in [2.45, 2.75) is 26.2 Å². The molecule has 0 aliphatic rings. The van der Waals surface area contributed by atoms with E-state index in [-0.39, 0.29) is 5.41 Å². The highest BCUT2D eigenvalue weighted by Crippen LogP contribution is 2.24. The van der Waals surface area contributed by atoms with Crippen molar-refractivity contribution in [1.29, 1.82) is 0 Å². The van der Waals surface area contributed by atoms with Gasteiger partial charge in [-0.2, -0.15) is 0 Å². The summed E-state index contributed by atoms with van der Waals surface area (Å²) < 4.78 is 6.31. The standard InChI is InChI=1S/C14H16BrN3OS/c1-14(2,3)11-8-12(18-19-11)17-13(20)16-10-6-4-9(15)5-7-10/h4-8H,1-3H3,(H2,16,17,18,20). The third-order valence-corrected chi connectivity index (χ3v) is 3.33. The minimum Gasteiger partial charge on any atom is -0.359 e. The number of anilines is 2. The van der Waals surface area contributed by atoms with Crippen LogP contribution < -0.4 is 10.6 Å². The van der Waals surface area contributed by atoms with Gasteiger partial charge in [0.1, 0.15) is 5.76 Å². The maximum Gasteiger partial charge on any atom is 0.176 e. The van der Waals surface area contributed by atoms with E-state index in [4.69, 9.17) is 16.7 Å². The highest BCUT2D eigenvalue weighted by molar-refractivity contribution is 9.10. The van der Waals surface area contributed by atoms with Gasteiger partial charge in [-0.1, -0.05) is 41.9 Å². The molecule has 0 aliphatic carbocycles. The number of nitrogens with zero attached hydrogens (tertiary/aromatic N) is 1. The molecule has 1 aromatic carbocycles. The monoisotopic (exact) mass is 353 g/mol. The van der Waals surface area contributed by atoms with Gasteiger partial charge in [0.2, 0.25) is 0 Å². The van der Waals surface area contributed by atoms with Crippen LogP contribution in [-0.2, 0) is 5.41 Å². The molecule has 6 heteroatoms. The second-order valence-electron chi connectivity index (χ2n) is 5.41. The van der Waals surface area contributed by atoms with Gasteiger partial charge >= 0.3 is 0 Å². The van der Waals surface area contributed by atoms with Gasteiger partial charge in [-0.05, 0) is 36.5 Å². The van der Waals surface area contributed by atoms with E-state index in [1.807, 2.05) is 30.3 Å². The van der Waals surface area contributed by atoms with E-state index in [0.29, 0.717) is 10.9 Å². The summed E-state index contributed by atoms with van der Waals surface area (Å²) in [6.45, 7) is 6.20. The van der Waals surface area contributed by atoms with Crippen molar-refractivity contribution in [1.82, 2.24) is 5.16 Å². The summed E-state index contributed by atoms with van der Waals surface area (Å²) in [5, 5.41) is 10.5. The van der Waals surface area contributed by atoms with Crippen LogP contribution in [0, 0.1) is 0 Å². The third kappa shape index (κ3) is 4.05. The quantitative estimate of drug-likeness (QED) is 0.776. The zero-order valence-corrected chi connectivity index (χ0v) is 13.9. The van der Waals surface area contributed by atoms with Gasteiger partial charge in [0.05, 0.1) is 0 Å². The molecule has 0 fully saturated rings. The van der Waals surface area contributed by atoms with Crippen LogP contribution in [0.25, 0.3) is 0 Å². The van der Waals surface area contributed by atoms with Crippen LogP contribution in [0.15, 0.2) is 39.3 Å². The van der Waals surface area contributed by atoms with Crippen molar-refractivity contribution in [3.05, 3.63) is 40.6 Å². The maximum atomic E-state index is 5.29. The Bertz CT molecular complexity index is 602. The number of nitrogens with one attached hydrogen (secondary N) is 2. The van der Waals surface area contributed by atoms with Gasteiger partial charge in [0.15, 0.2) is 10.9 Å². The number of thiocarbonyl (C=S) groups is 1. The summed E-state index contributed by atoms with van der Waals surface area (Å²) in [7, 11) is 0. The van der Waals surface area contributed by atoms with Crippen LogP contribution in [0.3, 0.4) is 0 Å². The first-order chi connectivity index (χ1) is 9.34. The molecule has 0 atom stereocenters. The maximum absolute atomic E-state index is 5.29. The number of halogens is 1. The topological polar surface area (TPSA) is 50.1 Å². The number of aromatic nitrogens is 1. The molecule has 0 saturated carbocycles.